The third-order valence-electron chi connectivity index (χ3n) is 3.89. The lowest BCUT2D eigenvalue weighted by Gasteiger charge is -2.13. The minimum Gasteiger partial charge on any atom is -0.494 e. The second-order valence-electron chi connectivity index (χ2n) is 5.12. The van der Waals surface area contributed by atoms with Gasteiger partial charge in [-0.1, -0.05) is 12.8 Å². The molecule has 1 heterocycles. The number of pyridine rings is 1. The summed E-state index contributed by atoms with van der Waals surface area (Å²) in [5, 5.41) is 0.624. The lowest BCUT2D eigenvalue weighted by molar-refractivity contribution is 0.415. The van der Waals surface area contributed by atoms with Crippen LogP contribution in [0.15, 0.2) is 18.2 Å². The van der Waals surface area contributed by atoms with Gasteiger partial charge in [0.1, 0.15) is 17.1 Å². The first-order chi connectivity index (χ1) is 9.19. The Morgan fingerprint density at radius 3 is 2.68 bits per heavy atom. The van der Waals surface area contributed by atoms with Gasteiger partial charge in [-0.05, 0) is 25.0 Å². The number of nitrogen functional groups attached to an aromatic ring is 1. The van der Waals surface area contributed by atoms with Gasteiger partial charge in [0.2, 0.25) is 0 Å². The van der Waals surface area contributed by atoms with Crippen LogP contribution in [0.2, 0.25) is 0 Å². The van der Waals surface area contributed by atoms with E-state index >= 15 is 0 Å². The maximum atomic E-state index is 13.5. The summed E-state index contributed by atoms with van der Waals surface area (Å²) in [6.45, 7) is 0. The van der Waals surface area contributed by atoms with Gasteiger partial charge in [-0.2, -0.15) is 0 Å². The van der Waals surface area contributed by atoms with Crippen molar-refractivity contribution in [2.45, 2.75) is 31.6 Å². The van der Waals surface area contributed by atoms with Crippen molar-refractivity contribution in [1.82, 2.24) is 4.98 Å². The summed E-state index contributed by atoms with van der Waals surface area (Å²) >= 11 is 0. The van der Waals surface area contributed by atoms with Gasteiger partial charge in [-0.25, -0.2) is 9.37 Å². The molecule has 2 N–H and O–H groups in total. The first kappa shape index (κ1) is 12.2. The SMILES string of the molecule is COc1cc(F)cc2c(N)cc(C3CCCC3)nc12. The predicted molar refractivity (Wildman–Crippen MR) is 73.9 cm³/mol. The van der Waals surface area contributed by atoms with Crippen molar-refractivity contribution in [3.63, 3.8) is 0 Å². The molecule has 1 aromatic heterocycles. The van der Waals surface area contributed by atoms with E-state index in [1.807, 2.05) is 6.07 Å². The van der Waals surface area contributed by atoms with E-state index in [0.717, 1.165) is 18.5 Å². The van der Waals surface area contributed by atoms with Gasteiger partial charge in [0.25, 0.3) is 0 Å². The van der Waals surface area contributed by atoms with Crippen LogP contribution in [0, 0.1) is 5.82 Å². The Bertz CT molecular complexity index is 621. The van der Waals surface area contributed by atoms with Crippen molar-refractivity contribution >= 4 is 16.6 Å². The zero-order chi connectivity index (χ0) is 13.4. The minimum atomic E-state index is -0.355. The summed E-state index contributed by atoms with van der Waals surface area (Å²) < 4.78 is 18.7. The maximum Gasteiger partial charge on any atom is 0.148 e. The maximum absolute atomic E-state index is 13.5. The average molecular weight is 260 g/mol. The Hall–Kier alpha value is -1.84. The number of aromatic nitrogens is 1. The van der Waals surface area contributed by atoms with Gasteiger partial charge in [-0.15, -0.1) is 0 Å². The number of hydrogen-bond donors (Lipinski definition) is 1. The molecule has 19 heavy (non-hydrogen) atoms. The molecule has 0 bridgehead atoms. The number of fused-ring (bicyclic) bond motifs is 1. The van der Waals surface area contributed by atoms with E-state index in [-0.39, 0.29) is 5.82 Å². The van der Waals surface area contributed by atoms with Crippen LogP contribution in [0.1, 0.15) is 37.3 Å². The lowest BCUT2D eigenvalue weighted by Crippen LogP contribution is -2.01. The van der Waals surface area contributed by atoms with Crippen molar-refractivity contribution in [1.29, 1.82) is 0 Å². The standard InChI is InChI=1S/C15H17FN2O/c1-19-14-7-10(16)6-11-12(17)8-13(18-15(11)14)9-4-2-3-5-9/h6-9H,2-5H2,1H3,(H2,17,18). The highest BCUT2D eigenvalue weighted by Gasteiger charge is 2.20. The second kappa shape index (κ2) is 4.68. The molecule has 1 fully saturated rings. The molecule has 0 unspecified atom stereocenters. The number of rotatable bonds is 2. The number of hydrogen-bond acceptors (Lipinski definition) is 3. The highest BCUT2D eigenvalue weighted by atomic mass is 19.1. The van der Waals surface area contributed by atoms with Crippen LogP contribution >= 0.6 is 0 Å². The highest BCUT2D eigenvalue weighted by molar-refractivity contribution is 5.94. The fourth-order valence-corrected chi connectivity index (χ4v) is 2.89. The number of halogens is 1. The van der Waals surface area contributed by atoms with Crippen LogP contribution in [-0.4, -0.2) is 12.1 Å². The third-order valence-corrected chi connectivity index (χ3v) is 3.89. The highest BCUT2D eigenvalue weighted by Crippen LogP contribution is 2.37. The molecule has 4 heteroatoms. The number of benzene rings is 1. The molecule has 2 aromatic rings. The number of nitrogens with two attached hydrogens (primary N) is 1. The Labute approximate surface area is 111 Å². The molecule has 3 rings (SSSR count). The van der Waals surface area contributed by atoms with Gasteiger partial charge in [0.05, 0.1) is 7.11 Å². The van der Waals surface area contributed by atoms with E-state index in [0.29, 0.717) is 28.3 Å². The summed E-state index contributed by atoms with van der Waals surface area (Å²) in [7, 11) is 1.52. The van der Waals surface area contributed by atoms with Crippen molar-refractivity contribution in [2.24, 2.45) is 0 Å². The normalized spacial score (nSPS) is 16.1. The average Bonchev–Trinajstić information content (AvgIpc) is 2.92. The van der Waals surface area contributed by atoms with Gasteiger partial charge >= 0.3 is 0 Å². The fourth-order valence-electron chi connectivity index (χ4n) is 2.89. The van der Waals surface area contributed by atoms with Crippen molar-refractivity contribution < 1.29 is 9.13 Å². The summed E-state index contributed by atoms with van der Waals surface area (Å²) in [4.78, 5) is 4.66. The van der Waals surface area contributed by atoms with Crippen molar-refractivity contribution in [3.8, 4) is 5.75 Å². The van der Waals surface area contributed by atoms with E-state index in [2.05, 4.69) is 4.98 Å². The molecule has 0 saturated heterocycles. The Kier molecular flexibility index (Phi) is 3.01. The smallest absolute Gasteiger partial charge is 0.148 e. The van der Waals surface area contributed by atoms with Crippen LogP contribution in [0.25, 0.3) is 10.9 Å². The van der Waals surface area contributed by atoms with E-state index < -0.39 is 0 Å². The predicted octanol–water partition coefficient (Wildman–Crippen LogP) is 3.62. The summed E-state index contributed by atoms with van der Waals surface area (Å²) in [5.74, 6) is 0.564. The number of nitrogens with zero attached hydrogens (tertiary/aromatic N) is 1. The Balaban J connectivity index is 2.20. The zero-order valence-corrected chi connectivity index (χ0v) is 10.9. The second-order valence-corrected chi connectivity index (χ2v) is 5.12. The Morgan fingerprint density at radius 2 is 2.00 bits per heavy atom. The molecule has 0 radical (unpaired) electrons. The monoisotopic (exact) mass is 260 g/mol. The topological polar surface area (TPSA) is 48.1 Å². The summed E-state index contributed by atoms with van der Waals surface area (Å²) in [5.41, 5.74) is 8.29. The van der Waals surface area contributed by atoms with Gasteiger partial charge in [0.15, 0.2) is 0 Å². The molecule has 0 atom stereocenters. The minimum absolute atomic E-state index is 0.355. The molecule has 1 aromatic carbocycles. The van der Waals surface area contributed by atoms with Crippen LogP contribution in [0.5, 0.6) is 5.75 Å². The van der Waals surface area contributed by atoms with E-state index in [1.165, 1.54) is 32.1 Å². The molecule has 1 aliphatic carbocycles. The van der Waals surface area contributed by atoms with Gasteiger partial charge in [-0.3, -0.25) is 0 Å². The molecular formula is C15H17FN2O. The number of methoxy groups -OCH3 is 1. The molecule has 3 nitrogen and oxygen atoms in total. The largest absolute Gasteiger partial charge is 0.494 e. The summed E-state index contributed by atoms with van der Waals surface area (Å²) in [6, 6.07) is 4.66. The number of ether oxygens (including phenoxy) is 1. The quantitative estimate of drug-likeness (QED) is 0.897. The molecule has 0 amide bonds. The van der Waals surface area contributed by atoms with E-state index in [9.17, 15) is 4.39 Å². The van der Waals surface area contributed by atoms with Crippen LogP contribution in [-0.2, 0) is 0 Å². The Morgan fingerprint density at radius 1 is 1.26 bits per heavy atom. The van der Waals surface area contributed by atoms with Crippen molar-refractivity contribution in [3.05, 3.63) is 29.7 Å². The van der Waals surface area contributed by atoms with Crippen LogP contribution < -0.4 is 10.5 Å². The fraction of sp³-hybridized carbons (Fsp3) is 0.400. The molecule has 1 saturated carbocycles. The lowest BCUT2D eigenvalue weighted by atomic mass is 10.0. The van der Waals surface area contributed by atoms with Crippen LogP contribution in [0.4, 0.5) is 10.1 Å². The van der Waals surface area contributed by atoms with Crippen LogP contribution in [0.3, 0.4) is 0 Å². The summed E-state index contributed by atoms with van der Waals surface area (Å²) in [6.07, 6.45) is 4.79. The molecular weight excluding hydrogens is 243 g/mol. The molecule has 100 valence electrons. The first-order valence-corrected chi connectivity index (χ1v) is 6.62. The zero-order valence-electron chi connectivity index (χ0n) is 10.9. The number of anilines is 1. The third kappa shape index (κ3) is 2.11. The molecule has 0 spiro atoms. The molecule has 0 aliphatic heterocycles. The van der Waals surface area contributed by atoms with E-state index in [1.54, 1.807) is 0 Å². The van der Waals surface area contributed by atoms with Crippen molar-refractivity contribution in [2.75, 3.05) is 12.8 Å². The van der Waals surface area contributed by atoms with Gasteiger partial charge < -0.3 is 10.5 Å². The van der Waals surface area contributed by atoms with Gasteiger partial charge in [0, 0.05) is 28.8 Å². The molecule has 1 aliphatic rings. The first-order valence-electron chi connectivity index (χ1n) is 6.62. The van der Waals surface area contributed by atoms with E-state index in [4.69, 9.17) is 10.5 Å².